The van der Waals surface area contributed by atoms with Crippen molar-refractivity contribution in [2.24, 2.45) is 17.8 Å². The Morgan fingerprint density at radius 1 is 1.25 bits per heavy atom. The Labute approximate surface area is 146 Å². The van der Waals surface area contributed by atoms with E-state index >= 15 is 0 Å². The lowest BCUT2D eigenvalue weighted by atomic mass is 9.83. The van der Waals surface area contributed by atoms with Gasteiger partial charge in [-0.3, -0.25) is 0 Å². The molecule has 0 radical (unpaired) electrons. The summed E-state index contributed by atoms with van der Waals surface area (Å²) in [6.07, 6.45) is -0.0277. The molecule has 1 N–H and O–H groups in total. The van der Waals surface area contributed by atoms with Gasteiger partial charge in [0.25, 0.3) is 0 Å². The van der Waals surface area contributed by atoms with Crippen molar-refractivity contribution in [1.29, 1.82) is 0 Å². The summed E-state index contributed by atoms with van der Waals surface area (Å²) in [7, 11) is 0. The summed E-state index contributed by atoms with van der Waals surface area (Å²) in [6, 6.07) is 10.1. The molecule has 0 bridgehead atoms. The highest BCUT2D eigenvalue weighted by molar-refractivity contribution is 5.13. The van der Waals surface area contributed by atoms with Crippen LogP contribution in [0.3, 0.4) is 0 Å². The third-order valence-electron chi connectivity index (χ3n) is 4.85. The van der Waals surface area contributed by atoms with Crippen molar-refractivity contribution in [3.63, 3.8) is 0 Å². The van der Waals surface area contributed by atoms with Gasteiger partial charge in [0.15, 0.2) is 5.79 Å². The lowest BCUT2D eigenvalue weighted by molar-refractivity contribution is -0.306. The van der Waals surface area contributed by atoms with Gasteiger partial charge in [0.1, 0.15) is 0 Å². The van der Waals surface area contributed by atoms with E-state index in [1.807, 2.05) is 39.0 Å². The summed E-state index contributed by atoms with van der Waals surface area (Å²) in [6.45, 7) is 11.6. The Hall–Kier alpha value is -0.940. The van der Waals surface area contributed by atoms with Gasteiger partial charge in [0.2, 0.25) is 0 Å². The standard InChI is InChI=1S/C20H32O4/c1-14(11-21)18(22-13-17-9-7-6-8-10-17)16(3)19-15(2)12-23-20(4,5)24-19/h6-10,14-16,18-19,21H,11-13H2,1-5H3/t14-,15-,16-,18-,19-/m0/s1. The van der Waals surface area contributed by atoms with Crippen LogP contribution in [-0.4, -0.2) is 36.3 Å². The largest absolute Gasteiger partial charge is 0.396 e. The van der Waals surface area contributed by atoms with Crippen LogP contribution in [0.5, 0.6) is 0 Å². The fraction of sp³-hybridized carbons (Fsp3) is 0.700. The van der Waals surface area contributed by atoms with E-state index in [1.165, 1.54) is 0 Å². The zero-order valence-corrected chi connectivity index (χ0v) is 15.6. The van der Waals surface area contributed by atoms with Crippen molar-refractivity contribution in [3.8, 4) is 0 Å². The molecule has 1 fully saturated rings. The number of ether oxygens (including phenoxy) is 3. The third kappa shape index (κ3) is 5.03. The van der Waals surface area contributed by atoms with Gasteiger partial charge in [0.05, 0.1) is 25.4 Å². The minimum absolute atomic E-state index is 0.0449. The Balaban J connectivity index is 2.08. The van der Waals surface area contributed by atoms with Gasteiger partial charge < -0.3 is 19.3 Å². The summed E-state index contributed by atoms with van der Waals surface area (Å²) in [5.41, 5.74) is 1.14. The number of aliphatic hydroxyl groups is 1. The van der Waals surface area contributed by atoms with Crippen molar-refractivity contribution in [2.75, 3.05) is 13.2 Å². The maximum absolute atomic E-state index is 9.67. The highest BCUT2D eigenvalue weighted by Gasteiger charge is 2.41. The van der Waals surface area contributed by atoms with Crippen LogP contribution in [0.2, 0.25) is 0 Å². The Morgan fingerprint density at radius 3 is 2.54 bits per heavy atom. The van der Waals surface area contributed by atoms with Crippen molar-refractivity contribution in [3.05, 3.63) is 35.9 Å². The average Bonchev–Trinajstić information content (AvgIpc) is 2.57. The number of aliphatic hydroxyl groups excluding tert-OH is 1. The molecule has 24 heavy (non-hydrogen) atoms. The molecule has 0 unspecified atom stereocenters. The van der Waals surface area contributed by atoms with Crippen LogP contribution >= 0.6 is 0 Å². The quantitative estimate of drug-likeness (QED) is 0.826. The lowest BCUT2D eigenvalue weighted by Gasteiger charge is -2.45. The first-order valence-electron chi connectivity index (χ1n) is 8.92. The normalized spacial score (nSPS) is 27.4. The average molecular weight is 336 g/mol. The van der Waals surface area contributed by atoms with Crippen LogP contribution in [0.4, 0.5) is 0 Å². The SMILES string of the molecule is C[C@@H]([C@@H](OCc1ccccc1)[C@@H](C)CO)[C@H]1OC(C)(C)OC[C@@H]1C. The first kappa shape index (κ1) is 19.4. The van der Waals surface area contributed by atoms with E-state index in [2.05, 4.69) is 26.0 Å². The number of hydrogen-bond donors (Lipinski definition) is 1. The maximum atomic E-state index is 9.67. The van der Waals surface area contributed by atoms with E-state index in [-0.39, 0.29) is 30.7 Å². The molecule has 1 aliphatic heterocycles. The second kappa shape index (κ2) is 8.43. The van der Waals surface area contributed by atoms with E-state index in [4.69, 9.17) is 14.2 Å². The van der Waals surface area contributed by atoms with Gasteiger partial charge in [-0.25, -0.2) is 0 Å². The van der Waals surface area contributed by atoms with Gasteiger partial charge in [-0.15, -0.1) is 0 Å². The van der Waals surface area contributed by atoms with Crippen molar-refractivity contribution >= 4 is 0 Å². The maximum Gasteiger partial charge on any atom is 0.163 e. The lowest BCUT2D eigenvalue weighted by Crippen LogP contribution is -2.51. The van der Waals surface area contributed by atoms with Gasteiger partial charge in [0, 0.05) is 24.4 Å². The van der Waals surface area contributed by atoms with Crippen LogP contribution in [0.25, 0.3) is 0 Å². The number of rotatable bonds is 7. The zero-order chi connectivity index (χ0) is 17.7. The molecule has 4 nitrogen and oxygen atoms in total. The Kier molecular flexibility index (Phi) is 6.81. The summed E-state index contributed by atoms with van der Waals surface area (Å²) in [5.74, 6) is -0.0704. The van der Waals surface area contributed by atoms with E-state index < -0.39 is 5.79 Å². The van der Waals surface area contributed by atoms with E-state index in [0.29, 0.717) is 19.1 Å². The van der Waals surface area contributed by atoms with Gasteiger partial charge in [-0.1, -0.05) is 51.1 Å². The molecule has 1 saturated heterocycles. The van der Waals surface area contributed by atoms with Crippen LogP contribution in [0, 0.1) is 17.8 Å². The molecule has 1 aliphatic rings. The predicted molar refractivity (Wildman–Crippen MR) is 94.5 cm³/mol. The molecule has 1 aromatic carbocycles. The van der Waals surface area contributed by atoms with E-state index in [1.54, 1.807) is 0 Å². The highest BCUT2D eigenvalue weighted by atomic mass is 16.7. The summed E-state index contributed by atoms with van der Waals surface area (Å²) >= 11 is 0. The highest BCUT2D eigenvalue weighted by Crippen LogP contribution is 2.34. The molecule has 5 atom stereocenters. The summed E-state index contributed by atoms with van der Waals surface area (Å²) in [5, 5.41) is 9.67. The van der Waals surface area contributed by atoms with Gasteiger partial charge in [-0.2, -0.15) is 0 Å². The van der Waals surface area contributed by atoms with Crippen molar-refractivity contribution < 1.29 is 19.3 Å². The number of hydrogen-bond acceptors (Lipinski definition) is 4. The molecule has 0 spiro atoms. The first-order chi connectivity index (χ1) is 11.3. The minimum Gasteiger partial charge on any atom is -0.396 e. The van der Waals surface area contributed by atoms with E-state index in [9.17, 15) is 5.11 Å². The Morgan fingerprint density at radius 2 is 1.92 bits per heavy atom. The van der Waals surface area contributed by atoms with Crippen LogP contribution in [0.1, 0.15) is 40.2 Å². The van der Waals surface area contributed by atoms with Crippen molar-refractivity contribution in [1.82, 2.24) is 0 Å². The second-order valence-electron chi connectivity index (χ2n) is 7.55. The molecule has 0 amide bonds. The van der Waals surface area contributed by atoms with Crippen LogP contribution in [0.15, 0.2) is 30.3 Å². The smallest absolute Gasteiger partial charge is 0.163 e. The molecular weight excluding hydrogens is 304 g/mol. The van der Waals surface area contributed by atoms with Gasteiger partial charge in [-0.05, 0) is 19.4 Å². The summed E-state index contributed by atoms with van der Waals surface area (Å²) < 4.78 is 18.2. The summed E-state index contributed by atoms with van der Waals surface area (Å²) in [4.78, 5) is 0. The molecule has 136 valence electrons. The monoisotopic (exact) mass is 336 g/mol. The molecule has 4 heteroatoms. The van der Waals surface area contributed by atoms with Crippen LogP contribution < -0.4 is 0 Å². The molecule has 0 aliphatic carbocycles. The molecule has 1 aromatic rings. The second-order valence-corrected chi connectivity index (χ2v) is 7.55. The van der Waals surface area contributed by atoms with Crippen molar-refractivity contribution in [2.45, 2.75) is 59.2 Å². The zero-order valence-electron chi connectivity index (χ0n) is 15.6. The molecule has 0 aromatic heterocycles. The molecule has 1 heterocycles. The molecule has 2 rings (SSSR count). The molecule has 0 saturated carbocycles. The van der Waals surface area contributed by atoms with Gasteiger partial charge >= 0.3 is 0 Å². The third-order valence-corrected chi connectivity index (χ3v) is 4.85. The first-order valence-corrected chi connectivity index (χ1v) is 8.92. The minimum atomic E-state index is -0.572. The predicted octanol–water partition coefficient (Wildman–Crippen LogP) is 3.62. The fourth-order valence-electron chi connectivity index (χ4n) is 3.42. The Bertz CT molecular complexity index is 488. The number of benzene rings is 1. The topological polar surface area (TPSA) is 47.9 Å². The fourth-order valence-corrected chi connectivity index (χ4v) is 3.42. The molecular formula is C20H32O4. The van der Waals surface area contributed by atoms with Crippen LogP contribution in [-0.2, 0) is 20.8 Å². The van der Waals surface area contributed by atoms with E-state index in [0.717, 1.165) is 5.56 Å².